The molecule has 1 amide bonds. The number of hydrogen-bond donors (Lipinski definition) is 1. The van der Waals surface area contributed by atoms with Crippen molar-refractivity contribution in [2.24, 2.45) is 0 Å². The van der Waals surface area contributed by atoms with E-state index in [0.717, 1.165) is 19.3 Å². The third kappa shape index (κ3) is 5.12. The van der Waals surface area contributed by atoms with Gasteiger partial charge >= 0.3 is 0 Å². The Labute approximate surface area is 163 Å². The number of carbonyl (C=O) groups is 1. The van der Waals surface area contributed by atoms with Gasteiger partial charge in [0.2, 0.25) is 15.9 Å². The molecule has 0 spiro atoms. The molecule has 1 atom stereocenters. The summed E-state index contributed by atoms with van der Waals surface area (Å²) in [5.41, 5.74) is 0. The van der Waals surface area contributed by atoms with Crippen molar-refractivity contribution in [1.82, 2.24) is 14.6 Å². The van der Waals surface area contributed by atoms with Crippen molar-refractivity contribution in [3.8, 4) is 0 Å². The molecule has 1 unspecified atom stereocenters. The monoisotopic (exact) mass is 409 g/mol. The van der Waals surface area contributed by atoms with Crippen LogP contribution < -0.4 is 5.32 Å². The lowest BCUT2D eigenvalue weighted by molar-refractivity contribution is -0.120. The molecule has 9 heteroatoms. The van der Waals surface area contributed by atoms with Gasteiger partial charge in [-0.25, -0.2) is 13.4 Å². The molecule has 7 nitrogen and oxygen atoms in total. The summed E-state index contributed by atoms with van der Waals surface area (Å²) in [5, 5.41) is 3.04. The quantitative estimate of drug-likeness (QED) is 0.707. The third-order valence-electron chi connectivity index (χ3n) is 4.35. The topological polar surface area (TPSA) is 92.5 Å². The highest BCUT2D eigenvalue weighted by Gasteiger charge is 2.26. The second kappa shape index (κ2) is 8.90. The summed E-state index contributed by atoms with van der Waals surface area (Å²) in [6.45, 7) is 3.23. The van der Waals surface area contributed by atoms with Gasteiger partial charge in [-0.05, 0) is 44.0 Å². The number of rotatable bonds is 7. The first kappa shape index (κ1) is 19.9. The summed E-state index contributed by atoms with van der Waals surface area (Å²) in [7, 11) is -3.49. The predicted octanol–water partition coefficient (Wildman–Crippen LogP) is 2.65. The average Bonchev–Trinajstić information content (AvgIpc) is 3.21. The Morgan fingerprint density at radius 3 is 2.70 bits per heavy atom. The molecule has 1 aliphatic rings. The van der Waals surface area contributed by atoms with E-state index in [9.17, 15) is 13.2 Å². The van der Waals surface area contributed by atoms with Crippen molar-refractivity contribution < 1.29 is 17.6 Å². The number of amides is 1. The van der Waals surface area contributed by atoms with Crippen molar-refractivity contribution in [2.45, 2.75) is 47.9 Å². The number of hydrogen-bond acceptors (Lipinski definition) is 6. The van der Waals surface area contributed by atoms with E-state index in [1.807, 2.05) is 0 Å². The number of carbonyl (C=O) groups excluding carboxylic acids is 1. The summed E-state index contributed by atoms with van der Waals surface area (Å²) in [5.74, 6) is 0.550. The van der Waals surface area contributed by atoms with Crippen LogP contribution in [0, 0.1) is 0 Å². The Morgan fingerprint density at radius 2 is 2.07 bits per heavy atom. The van der Waals surface area contributed by atoms with Crippen LogP contribution in [-0.4, -0.2) is 42.0 Å². The highest BCUT2D eigenvalue weighted by molar-refractivity contribution is 8.00. The zero-order chi connectivity index (χ0) is 19.3. The number of piperidine rings is 1. The number of aromatic nitrogens is 1. The van der Waals surface area contributed by atoms with Gasteiger partial charge in [0.05, 0.1) is 23.1 Å². The van der Waals surface area contributed by atoms with Crippen molar-refractivity contribution in [1.29, 1.82) is 0 Å². The van der Waals surface area contributed by atoms with E-state index in [-0.39, 0.29) is 16.1 Å². The minimum atomic E-state index is -3.49. The van der Waals surface area contributed by atoms with E-state index in [2.05, 4.69) is 10.3 Å². The molecule has 1 aliphatic heterocycles. The van der Waals surface area contributed by atoms with Crippen LogP contribution in [0.5, 0.6) is 0 Å². The maximum Gasteiger partial charge on any atom is 0.244 e. The second-order valence-corrected chi connectivity index (χ2v) is 9.65. The number of furan rings is 1. The summed E-state index contributed by atoms with van der Waals surface area (Å²) < 4.78 is 32.0. The smallest absolute Gasteiger partial charge is 0.244 e. The number of nitrogens with one attached hydrogen (secondary N) is 1. The molecular weight excluding hydrogens is 386 g/mol. The summed E-state index contributed by atoms with van der Waals surface area (Å²) in [4.78, 5) is 16.6. The van der Waals surface area contributed by atoms with Gasteiger partial charge in [-0.1, -0.05) is 18.2 Å². The number of nitrogens with zero attached hydrogens (tertiary/aromatic N) is 2. The minimum Gasteiger partial charge on any atom is -0.467 e. The molecule has 0 saturated carbocycles. The van der Waals surface area contributed by atoms with Gasteiger partial charge in [-0.3, -0.25) is 4.79 Å². The second-order valence-electron chi connectivity index (χ2n) is 6.35. The van der Waals surface area contributed by atoms with Gasteiger partial charge in [0.25, 0.3) is 0 Å². The van der Waals surface area contributed by atoms with Crippen LogP contribution >= 0.6 is 11.8 Å². The fourth-order valence-corrected chi connectivity index (χ4v) is 5.08. The van der Waals surface area contributed by atoms with Gasteiger partial charge < -0.3 is 9.73 Å². The van der Waals surface area contributed by atoms with E-state index >= 15 is 0 Å². The molecule has 2 aromatic heterocycles. The lowest BCUT2D eigenvalue weighted by Gasteiger charge is -2.25. The summed E-state index contributed by atoms with van der Waals surface area (Å²) in [6, 6.07) is 6.77. The molecule has 3 heterocycles. The lowest BCUT2D eigenvalue weighted by Crippen LogP contribution is -2.35. The first-order chi connectivity index (χ1) is 13.0. The van der Waals surface area contributed by atoms with Crippen molar-refractivity contribution >= 4 is 27.7 Å². The van der Waals surface area contributed by atoms with Crippen LogP contribution in [0.4, 0.5) is 0 Å². The van der Waals surface area contributed by atoms with E-state index in [0.29, 0.717) is 30.4 Å². The number of pyridine rings is 1. The van der Waals surface area contributed by atoms with Crippen LogP contribution in [0.25, 0.3) is 0 Å². The Kier molecular flexibility index (Phi) is 6.56. The van der Waals surface area contributed by atoms with Gasteiger partial charge in [-0.2, -0.15) is 4.31 Å². The summed E-state index contributed by atoms with van der Waals surface area (Å²) in [6.07, 6.45) is 5.79. The van der Waals surface area contributed by atoms with E-state index in [4.69, 9.17) is 4.42 Å². The maximum atomic E-state index is 12.6. The Morgan fingerprint density at radius 1 is 1.30 bits per heavy atom. The van der Waals surface area contributed by atoms with Gasteiger partial charge in [-0.15, -0.1) is 0 Å². The minimum absolute atomic E-state index is 0.136. The maximum absolute atomic E-state index is 12.6. The van der Waals surface area contributed by atoms with Crippen LogP contribution in [-0.2, 0) is 21.4 Å². The molecule has 0 bridgehead atoms. The largest absolute Gasteiger partial charge is 0.467 e. The molecule has 1 saturated heterocycles. The van der Waals surface area contributed by atoms with Gasteiger partial charge in [0.15, 0.2) is 0 Å². The summed E-state index contributed by atoms with van der Waals surface area (Å²) >= 11 is 1.28. The van der Waals surface area contributed by atoms with Crippen LogP contribution in [0.2, 0.25) is 0 Å². The lowest BCUT2D eigenvalue weighted by atomic mass is 10.2. The van der Waals surface area contributed by atoms with Gasteiger partial charge in [0.1, 0.15) is 10.7 Å². The number of thioether (sulfide) groups is 1. The van der Waals surface area contributed by atoms with Gasteiger partial charge in [0, 0.05) is 19.3 Å². The Balaban J connectivity index is 1.57. The van der Waals surface area contributed by atoms with E-state index < -0.39 is 10.0 Å². The molecule has 1 N–H and O–H groups in total. The van der Waals surface area contributed by atoms with Crippen molar-refractivity contribution in [2.75, 3.05) is 13.1 Å². The fourth-order valence-electron chi connectivity index (χ4n) is 2.81. The molecule has 146 valence electrons. The first-order valence-corrected chi connectivity index (χ1v) is 11.2. The van der Waals surface area contributed by atoms with Crippen molar-refractivity contribution in [3.63, 3.8) is 0 Å². The molecule has 0 aliphatic carbocycles. The van der Waals surface area contributed by atoms with E-state index in [1.165, 1.54) is 22.3 Å². The Bertz CT molecular complexity index is 845. The molecular formula is C18H23N3O4S2. The predicted molar refractivity (Wildman–Crippen MR) is 103 cm³/mol. The Hall–Kier alpha value is -1.84. The van der Waals surface area contributed by atoms with E-state index in [1.54, 1.807) is 37.5 Å². The standard InChI is InChI=1S/C18H23N3O4S2/c1-14(18(22)20-12-15-6-5-11-25-15)26-17-8-7-16(13-19-17)27(23,24)21-9-3-2-4-10-21/h5-8,11,13-14H,2-4,9-10,12H2,1H3,(H,20,22). The molecule has 27 heavy (non-hydrogen) atoms. The van der Waals surface area contributed by atoms with Crippen LogP contribution in [0.15, 0.2) is 51.1 Å². The number of sulfonamides is 1. The highest BCUT2D eigenvalue weighted by atomic mass is 32.2. The molecule has 2 aromatic rings. The van der Waals surface area contributed by atoms with Crippen LogP contribution in [0.3, 0.4) is 0 Å². The molecule has 1 fully saturated rings. The third-order valence-corrected chi connectivity index (χ3v) is 7.28. The zero-order valence-electron chi connectivity index (χ0n) is 15.1. The SMILES string of the molecule is CC(Sc1ccc(S(=O)(=O)N2CCCCC2)cn1)C(=O)NCc1ccco1. The van der Waals surface area contributed by atoms with Crippen molar-refractivity contribution in [3.05, 3.63) is 42.5 Å². The van der Waals surface area contributed by atoms with Crippen LogP contribution in [0.1, 0.15) is 31.9 Å². The molecule has 3 rings (SSSR count). The first-order valence-electron chi connectivity index (χ1n) is 8.90. The fraction of sp³-hybridized carbons (Fsp3) is 0.444. The average molecular weight is 410 g/mol. The molecule has 0 radical (unpaired) electrons. The molecule has 0 aromatic carbocycles. The normalized spacial score (nSPS) is 16.8. The zero-order valence-corrected chi connectivity index (χ0v) is 16.8. The highest BCUT2D eigenvalue weighted by Crippen LogP contribution is 2.24.